The van der Waals surface area contributed by atoms with Gasteiger partial charge in [-0.2, -0.15) is 0 Å². The van der Waals surface area contributed by atoms with Gasteiger partial charge in [-0.1, -0.05) is 34.5 Å². The molecule has 0 fully saturated rings. The maximum atomic E-state index is 8.36. The molecule has 0 unspecified atom stereocenters. The minimum atomic E-state index is 0.618. The molecule has 0 amide bonds. The van der Waals surface area contributed by atoms with Crippen LogP contribution in [-0.2, 0) is 4.74 Å². The van der Waals surface area contributed by atoms with Crippen molar-refractivity contribution in [2.75, 3.05) is 24.7 Å². The summed E-state index contributed by atoms with van der Waals surface area (Å²) in [6.45, 7) is 1.36. The van der Waals surface area contributed by atoms with Crippen LogP contribution >= 0.6 is 23.5 Å². The van der Waals surface area contributed by atoms with Crippen LogP contribution in [0.1, 0.15) is 0 Å². The predicted octanol–water partition coefficient (Wildman–Crippen LogP) is 6.47. The molecule has 0 aliphatic heterocycles. The van der Waals surface area contributed by atoms with Crippen molar-refractivity contribution in [2.45, 2.75) is 9.79 Å². The number of thioether (sulfide) groups is 2. The van der Waals surface area contributed by atoms with Gasteiger partial charge in [-0.15, -0.1) is 23.5 Å². The smallest absolute Gasteiger partial charge is 0.0560 e. The molecular weight excluding hydrogens is 356 g/mol. The summed E-state index contributed by atoms with van der Waals surface area (Å²) in [4.78, 5) is 7.74. The highest BCUT2D eigenvalue weighted by Gasteiger charge is 1.97. The van der Waals surface area contributed by atoms with Crippen LogP contribution < -0.4 is 0 Å². The summed E-state index contributed by atoms with van der Waals surface area (Å²) >= 11 is 3.40. The quantitative estimate of drug-likeness (QED) is 0.157. The standard InChI is InChI=1S/C16H16N6OS2/c17-21-19-13-1-5-15(6-2-13)24-11-9-23-10-12-25-16-7-3-14(4-8-16)20-22-18/h1-8H,9-12H2. The molecule has 0 radical (unpaired) electrons. The van der Waals surface area contributed by atoms with E-state index in [1.54, 1.807) is 47.8 Å². The Hall–Kier alpha value is -2.28. The van der Waals surface area contributed by atoms with Gasteiger partial charge in [0.1, 0.15) is 0 Å². The van der Waals surface area contributed by atoms with Gasteiger partial charge < -0.3 is 4.74 Å². The zero-order chi connectivity index (χ0) is 17.7. The highest BCUT2D eigenvalue weighted by atomic mass is 32.2. The lowest BCUT2D eigenvalue weighted by molar-refractivity contribution is 0.167. The number of ether oxygens (including phenoxy) is 1. The first-order valence-corrected chi connectivity index (χ1v) is 9.42. The van der Waals surface area contributed by atoms with Gasteiger partial charge in [-0.25, -0.2) is 0 Å². The third-order valence-electron chi connectivity index (χ3n) is 2.99. The average Bonchev–Trinajstić information content (AvgIpc) is 2.64. The molecule has 2 rings (SSSR count). The summed E-state index contributed by atoms with van der Waals surface area (Å²) < 4.78 is 5.63. The molecule has 0 bridgehead atoms. The molecule has 2 aromatic carbocycles. The van der Waals surface area contributed by atoms with Crippen molar-refractivity contribution in [2.24, 2.45) is 10.2 Å². The summed E-state index contributed by atoms with van der Waals surface area (Å²) in [5.74, 6) is 1.73. The second-order valence-corrected chi connectivity index (χ2v) is 7.01. The molecule has 0 atom stereocenters. The largest absolute Gasteiger partial charge is 0.380 e. The Morgan fingerprint density at radius 3 is 1.48 bits per heavy atom. The van der Waals surface area contributed by atoms with E-state index >= 15 is 0 Å². The van der Waals surface area contributed by atoms with Crippen molar-refractivity contribution in [3.05, 3.63) is 69.4 Å². The fourth-order valence-electron chi connectivity index (χ4n) is 1.86. The van der Waals surface area contributed by atoms with Gasteiger partial charge in [0.05, 0.1) is 13.2 Å². The van der Waals surface area contributed by atoms with E-state index in [0.717, 1.165) is 21.3 Å². The Labute approximate surface area is 154 Å². The first-order valence-electron chi connectivity index (χ1n) is 7.45. The Morgan fingerprint density at radius 1 is 0.720 bits per heavy atom. The average molecular weight is 372 g/mol. The van der Waals surface area contributed by atoms with Gasteiger partial charge >= 0.3 is 0 Å². The van der Waals surface area contributed by atoms with Gasteiger partial charge in [-0.05, 0) is 35.3 Å². The molecule has 0 heterocycles. The van der Waals surface area contributed by atoms with Crippen LogP contribution in [0.4, 0.5) is 11.4 Å². The first kappa shape index (κ1) is 19.1. The van der Waals surface area contributed by atoms with Crippen LogP contribution in [0.2, 0.25) is 0 Å². The van der Waals surface area contributed by atoms with E-state index in [-0.39, 0.29) is 0 Å². The normalized spacial score (nSPS) is 9.92. The maximum absolute atomic E-state index is 8.36. The van der Waals surface area contributed by atoms with E-state index in [0.29, 0.717) is 24.6 Å². The summed E-state index contributed by atoms with van der Waals surface area (Å²) in [5, 5.41) is 7.08. The minimum Gasteiger partial charge on any atom is -0.380 e. The van der Waals surface area contributed by atoms with Crippen LogP contribution in [0.3, 0.4) is 0 Å². The summed E-state index contributed by atoms with van der Waals surface area (Å²) in [7, 11) is 0. The molecule has 9 heteroatoms. The minimum absolute atomic E-state index is 0.618. The van der Waals surface area contributed by atoms with E-state index in [4.69, 9.17) is 15.8 Å². The highest BCUT2D eigenvalue weighted by Crippen LogP contribution is 2.23. The molecule has 25 heavy (non-hydrogen) atoms. The third kappa shape index (κ3) is 7.43. The molecule has 128 valence electrons. The van der Waals surface area contributed by atoms with Crippen LogP contribution in [0.5, 0.6) is 0 Å². The van der Waals surface area contributed by atoms with E-state index in [9.17, 15) is 0 Å². The summed E-state index contributed by atoms with van der Waals surface area (Å²) in [6.07, 6.45) is 0. The second-order valence-electron chi connectivity index (χ2n) is 4.68. The Morgan fingerprint density at radius 2 is 1.12 bits per heavy atom. The molecule has 0 spiro atoms. The fraction of sp³-hybridized carbons (Fsp3) is 0.250. The lowest BCUT2D eigenvalue weighted by Gasteiger charge is -2.05. The maximum Gasteiger partial charge on any atom is 0.0560 e. The topological polar surface area (TPSA) is 107 Å². The van der Waals surface area contributed by atoms with Crippen molar-refractivity contribution < 1.29 is 4.74 Å². The molecule has 0 aliphatic rings. The van der Waals surface area contributed by atoms with E-state index in [2.05, 4.69) is 20.1 Å². The number of benzene rings is 2. The SMILES string of the molecule is [N-]=[N+]=Nc1ccc(SCCOCCSc2ccc(N=[N+]=[N-])cc2)cc1. The molecule has 0 saturated heterocycles. The van der Waals surface area contributed by atoms with Crippen LogP contribution in [0.15, 0.2) is 68.6 Å². The van der Waals surface area contributed by atoms with Crippen molar-refractivity contribution in [1.82, 2.24) is 0 Å². The van der Waals surface area contributed by atoms with Crippen molar-refractivity contribution in [3.8, 4) is 0 Å². The number of rotatable bonds is 10. The first-order chi connectivity index (χ1) is 12.3. The molecular formula is C16H16N6OS2. The van der Waals surface area contributed by atoms with E-state index in [1.165, 1.54) is 0 Å². The van der Waals surface area contributed by atoms with Gasteiger partial charge in [0.25, 0.3) is 0 Å². The Kier molecular flexibility index (Phi) is 8.61. The van der Waals surface area contributed by atoms with E-state index < -0.39 is 0 Å². The third-order valence-corrected chi connectivity index (χ3v) is 4.94. The molecule has 0 N–H and O–H groups in total. The van der Waals surface area contributed by atoms with Gasteiger partial charge in [-0.3, -0.25) is 0 Å². The van der Waals surface area contributed by atoms with Crippen molar-refractivity contribution in [1.29, 1.82) is 0 Å². The lowest BCUT2D eigenvalue weighted by Crippen LogP contribution is -2.01. The molecule has 2 aromatic rings. The summed E-state index contributed by atoms with van der Waals surface area (Å²) in [6, 6.07) is 14.9. The lowest BCUT2D eigenvalue weighted by atomic mass is 10.3. The molecule has 0 saturated carbocycles. The molecule has 7 nitrogen and oxygen atoms in total. The van der Waals surface area contributed by atoms with Gasteiger partial charge in [0.2, 0.25) is 0 Å². The number of nitrogens with zero attached hydrogens (tertiary/aromatic N) is 6. The van der Waals surface area contributed by atoms with Crippen LogP contribution in [0.25, 0.3) is 20.9 Å². The molecule has 0 aliphatic carbocycles. The Bertz CT molecular complexity index is 688. The molecule has 0 aromatic heterocycles. The number of hydrogen-bond acceptors (Lipinski definition) is 5. The monoisotopic (exact) mass is 372 g/mol. The number of azide groups is 2. The Balaban J connectivity index is 1.57. The fourth-order valence-corrected chi connectivity index (χ4v) is 3.39. The van der Waals surface area contributed by atoms with E-state index in [1.807, 2.05) is 24.3 Å². The van der Waals surface area contributed by atoms with Crippen LogP contribution in [-0.4, -0.2) is 24.7 Å². The predicted molar refractivity (Wildman–Crippen MR) is 103 cm³/mol. The highest BCUT2D eigenvalue weighted by molar-refractivity contribution is 7.99. The van der Waals surface area contributed by atoms with Gasteiger partial charge in [0, 0.05) is 42.5 Å². The van der Waals surface area contributed by atoms with Crippen molar-refractivity contribution >= 4 is 34.9 Å². The zero-order valence-electron chi connectivity index (χ0n) is 13.4. The summed E-state index contributed by atoms with van der Waals surface area (Å²) in [5.41, 5.74) is 18.0. The second kappa shape index (κ2) is 11.3. The zero-order valence-corrected chi connectivity index (χ0v) is 15.0. The van der Waals surface area contributed by atoms with Crippen molar-refractivity contribution in [3.63, 3.8) is 0 Å². The number of hydrogen-bond donors (Lipinski definition) is 0. The van der Waals surface area contributed by atoms with Gasteiger partial charge in [0.15, 0.2) is 0 Å². The van der Waals surface area contributed by atoms with Crippen LogP contribution in [0, 0.1) is 0 Å².